The first-order valence-corrected chi connectivity index (χ1v) is 9.25. The van der Waals surface area contributed by atoms with Gasteiger partial charge in [-0.25, -0.2) is 8.42 Å². The molecule has 0 aromatic carbocycles. The maximum absolute atomic E-state index is 11.6. The molecule has 1 aromatic heterocycles. The predicted molar refractivity (Wildman–Crippen MR) is 82.0 cm³/mol. The first-order chi connectivity index (χ1) is 9.84. The van der Waals surface area contributed by atoms with Crippen LogP contribution in [-0.2, 0) is 16.4 Å². The summed E-state index contributed by atoms with van der Waals surface area (Å²) < 4.78 is 25.1. The van der Waals surface area contributed by atoms with E-state index < -0.39 is 9.84 Å². The van der Waals surface area contributed by atoms with Crippen LogP contribution in [0, 0.1) is 13.8 Å². The molecule has 1 aliphatic rings. The number of nitrogens with zero attached hydrogens (tertiary/aromatic N) is 2. The zero-order chi connectivity index (χ0) is 15.6. The molecule has 0 saturated carbocycles. The Hall–Kier alpha value is -0.920. The molecular formula is C14H25N3O3S. The van der Waals surface area contributed by atoms with E-state index in [9.17, 15) is 8.42 Å². The van der Waals surface area contributed by atoms with E-state index in [2.05, 4.69) is 10.4 Å². The van der Waals surface area contributed by atoms with Crippen molar-refractivity contribution in [2.45, 2.75) is 52.2 Å². The Bertz CT molecular complexity index is 595. The summed E-state index contributed by atoms with van der Waals surface area (Å²) in [5, 5.41) is 16.8. The molecule has 0 radical (unpaired) electrons. The van der Waals surface area contributed by atoms with Crippen molar-refractivity contribution in [2.75, 3.05) is 18.1 Å². The molecule has 2 unspecified atom stereocenters. The van der Waals surface area contributed by atoms with Crippen molar-refractivity contribution in [1.29, 1.82) is 0 Å². The van der Waals surface area contributed by atoms with Crippen LogP contribution in [0.2, 0.25) is 0 Å². The topological polar surface area (TPSA) is 84.2 Å². The third-order valence-corrected chi connectivity index (χ3v) is 5.97. The average molecular weight is 315 g/mol. The Morgan fingerprint density at radius 2 is 2.19 bits per heavy atom. The lowest BCUT2D eigenvalue weighted by atomic mass is 10.1. The normalized spacial score (nSPS) is 22.6. The Kier molecular flexibility index (Phi) is 5.06. The summed E-state index contributed by atoms with van der Waals surface area (Å²) in [5.74, 6) is 0.458. The number of aryl methyl sites for hydroxylation is 1. The average Bonchev–Trinajstić information content (AvgIpc) is 2.88. The number of sulfone groups is 1. The molecule has 1 aromatic rings. The summed E-state index contributed by atoms with van der Waals surface area (Å²) in [6.07, 6.45) is 1.37. The number of aliphatic hydroxyl groups excluding tert-OH is 1. The Morgan fingerprint density at radius 3 is 2.76 bits per heavy atom. The van der Waals surface area contributed by atoms with E-state index >= 15 is 0 Å². The zero-order valence-corrected chi connectivity index (χ0v) is 13.8. The van der Waals surface area contributed by atoms with E-state index in [0.29, 0.717) is 19.4 Å². The fourth-order valence-corrected chi connectivity index (χ4v) is 4.54. The highest BCUT2D eigenvalue weighted by Gasteiger charge is 2.31. The minimum Gasteiger partial charge on any atom is -0.396 e. The van der Waals surface area contributed by atoms with Crippen LogP contribution in [0.15, 0.2) is 0 Å². The first kappa shape index (κ1) is 16.5. The van der Waals surface area contributed by atoms with Gasteiger partial charge in [-0.05, 0) is 33.6 Å². The smallest absolute Gasteiger partial charge is 0.152 e. The number of rotatable bonds is 6. The SMILES string of the molecule is Cc1nn(C2CCS(=O)(=O)C2)c(C)c1CNC(C)CCO. The van der Waals surface area contributed by atoms with E-state index in [0.717, 1.165) is 17.0 Å². The molecule has 21 heavy (non-hydrogen) atoms. The molecule has 7 heteroatoms. The molecule has 120 valence electrons. The minimum atomic E-state index is -2.90. The Morgan fingerprint density at radius 1 is 1.48 bits per heavy atom. The molecule has 2 atom stereocenters. The molecule has 1 aliphatic heterocycles. The van der Waals surface area contributed by atoms with Gasteiger partial charge < -0.3 is 10.4 Å². The summed E-state index contributed by atoms with van der Waals surface area (Å²) >= 11 is 0. The summed E-state index contributed by atoms with van der Waals surface area (Å²) in [5.41, 5.74) is 3.11. The molecule has 1 saturated heterocycles. The van der Waals surface area contributed by atoms with Crippen molar-refractivity contribution >= 4 is 9.84 Å². The number of aromatic nitrogens is 2. The molecule has 6 nitrogen and oxygen atoms in total. The summed E-state index contributed by atoms with van der Waals surface area (Å²) in [7, 11) is -2.90. The fraction of sp³-hybridized carbons (Fsp3) is 0.786. The van der Waals surface area contributed by atoms with Crippen molar-refractivity contribution in [1.82, 2.24) is 15.1 Å². The maximum Gasteiger partial charge on any atom is 0.152 e. The molecule has 2 rings (SSSR count). The molecule has 1 fully saturated rings. The zero-order valence-electron chi connectivity index (χ0n) is 13.0. The van der Waals surface area contributed by atoms with Crippen LogP contribution in [0.3, 0.4) is 0 Å². The number of nitrogens with one attached hydrogen (secondary N) is 1. The lowest BCUT2D eigenvalue weighted by Gasteiger charge is -2.14. The van der Waals surface area contributed by atoms with Crippen molar-refractivity contribution in [3.05, 3.63) is 17.0 Å². The van der Waals surface area contributed by atoms with Gasteiger partial charge in [-0.3, -0.25) is 4.68 Å². The Balaban J connectivity index is 2.11. The third-order valence-electron chi connectivity index (χ3n) is 4.22. The van der Waals surface area contributed by atoms with E-state index in [1.54, 1.807) is 0 Å². The molecule has 0 amide bonds. The maximum atomic E-state index is 11.6. The predicted octanol–water partition coefficient (Wildman–Crippen LogP) is 0.720. The Labute approximate surface area is 126 Å². The van der Waals surface area contributed by atoms with Gasteiger partial charge >= 0.3 is 0 Å². The number of hydrogen-bond donors (Lipinski definition) is 2. The summed E-state index contributed by atoms with van der Waals surface area (Å²) in [6.45, 7) is 6.86. The van der Waals surface area contributed by atoms with Gasteiger partial charge in [-0.1, -0.05) is 0 Å². The van der Waals surface area contributed by atoms with Crippen LogP contribution in [0.25, 0.3) is 0 Å². The van der Waals surface area contributed by atoms with Gasteiger partial charge in [0.15, 0.2) is 9.84 Å². The quantitative estimate of drug-likeness (QED) is 0.808. The van der Waals surface area contributed by atoms with Gasteiger partial charge in [0, 0.05) is 30.5 Å². The van der Waals surface area contributed by atoms with Crippen molar-refractivity contribution in [3.8, 4) is 0 Å². The van der Waals surface area contributed by atoms with Crippen LogP contribution in [-0.4, -0.2) is 47.5 Å². The second-order valence-corrected chi connectivity index (χ2v) is 8.17. The highest BCUT2D eigenvalue weighted by Crippen LogP contribution is 2.26. The van der Waals surface area contributed by atoms with Crippen LogP contribution >= 0.6 is 0 Å². The largest absolute Gasteiger partial charge is 0.396 e. The van der Waals surface area contributed by atoms with E-state index in [1.165, 1.54) is 0 Å². The van der Waals surface area contributed by atoms with Crippen LogP contribution < -0.4 is 5.32 Å². The van der Waals surface area contributed by atoms with Gasteiger partial charge in [0.25, 0.3) is 0 Å². The van der Waals surface area contributed by atoms with Gasteiger partial charge in [0.1, 0.15) is 0 Å². The van der Waals surface area contributed by atoms with E-state index in [4.69, 9.17) is 5.11 Å². The van der Waals surface area contributed by atoms with Crippen LogP contribution in [0.5, 0.6) is 0 Å². The first-order valence-electron chi connectivity index (χ1n) is 7.43. The third kappa shape index (κ3) is 3.84. The fourth-order valence-electron chi connectivity index (χ4n) is 2.85. The number of aliphatic hydroxyl groups is 1. The highest BCUT2D eigenvalue weighted by atomic mass is 32.2. The molecule has 2 heterocycles. The molecule has 0 spiro atoms. The van der Waals surface area contributed by atoms with E-state index in [1.807, 2.05) is 25.5 Å². The van der Waals surface area contributed by atoms with Crippen molar-refractivity contribution < 1.29 is 13.5 Å². The summed E-state index contributed by atoms with van der Waals surface area (Å²) in [6, 6.07) is 0.210. The van der Waals surface area contributed by atoms with Gasteiger partial charge in [0.2, 0.25) is 0 Å². The van der Waals surface area contributed by atoms with Gasteiger partial charge in [-0.15, -0.1) is 0 Å². The van der Waals surface area contributed by atoms with E-state index in [-0.39, 0.29) is 30.2 Å². The second-order valence-electron chi connectivity index (χ2n) is 5.95. The lowest BCUT2D eigenvalue weighted by molar-refractivity contribution is 0.268. The van der Waals surface area contributed by atoms with Gasteiger partial charge in [-0.2, -0.15) is 5.10 Å². The number of hydrogen-bond acceptors (Lipinski definition) is 5. The lowest BCUT2D eigenvalue weighted by Crippen LogP contribution is -2.26. The molecular weight excluding hydrogens is 290 g/mol. The standard InChI is InChI=1S/C14H25N3O3S/c1-10(4-6-18)15-8-14-11(2)16-17(12(14)3)13-5-7-21(19,20)9-13/h10,13,15,18H,4-9H2,1-3H3. The highest BCUT2D eigenvalue weighted by molar-refractivity contribution is 7.91. The van der Waals surface area contributed by atoms with Crippen LogP contribution in [0.1, 0.15) is 42.8 Å². The molecule has 2 N–H and O–H groups in total. The second kappa shape index (κ2) is 6.46. The molecule has 0 bridgehead atoms. The summed E-state index contributed by atoms with van der Waals surface area (Å²) in [4.78, 5) is 0. The van der Waals surface area contributed by atoms with Crippen LogP contribution in [0.4, 0.5) is 0 Å². The monoisotopic (exact) mass is 315 g/mol. The van der Waals surface area contributed by atoms with Crippen molar-refractivity contribution in [2.24, 2.45) is 0 Å². The van der Waals surface area contributed by atoms with Crippen molar-refractivity contribution in [3.63, 3.8) is 0 Å². The minimum absolute atomic E-state index is 0.0303. The molecule has 0 aliphatic carbocycles. The van der Waals surface area contributed by atoms with Gasteiger partial charge in [0.05, 0.1) is 23.2 Å².